The fraction of sp³-hybridized carbons (Fsp3) is 1.00. The van der Waals surface area contributed by atoms with Crippen molar-refractivity contribution in [1.82, 2.24) is 0 Å². The summed E-state index contributed by atoms with van der Waals surface area (Å²) in [6.07, 6.45) is -0.292. The van der Waals surface area contributed by atoms with Gasteiger partial charge in [0.05, 0.1) is 19.3 Å². The molecule has 0 aromatic carbocycles. The number of aliphatic hydroxyl groups is 1. The lowest BCUT2D eigenvalue weighted by atomic mass is 10.0. The molecule has 2 rings (SSSR count). The highest BCUT2D eigenvalue weighted by atomic mass is 16.6. The summed E-state index contributed by atoms with van der Waals surface area (Å²) in [5.74, 6) is 0.446. The lowest BCUT2D eigenvalue weighted by Crippen LogP contribution is -2.28. The van der Waals surface area contributed by atoms with E-state index in [0.717, 1.165) is 6.61 Å². The third-order valence-electron chi connectivity index (χ3n) is 2.27. The quantitative estimate of drug-likeness (QED) is 0.511. The van der Waals surface area contributed by atoms with E-state index in [0.29, 0.717) is 12.5 Å². The maximum Gasteiger partial charge on any atom is 0.112 e. The molecule has 2 aliphatic rings. The zero-order chi connectivity index (χ0) is 7.14. The first-order valence-electron chi connectivity index (χ1n) is 3.70. The fourth-order valence-electron chi connectivity index (χ4n) is 1.67. The van der Waals surface area contributed by atoms with Gasteiger partial charge in [0.25, 0.3) is 0 Å². The van der Waals surface area contributed by atoms with Crippen LogP contribution in [0.15, 0.2) is 0 Å². The van der Waals surface area contributed by atoms with Crippen molar-refractivity contribution in [3.05, 3.63) is 0 Å². The Kier molecular flexibility index (Phi) is 1.44. The van der Waals surface area contributed by atoms with Crippen molar-refractivity contribution in [1.29, 1.82) is 0 Å². The molecule has 2 fully saturated rings. The van der Waals surface area contributed by atoms with Crippen LogP contribution in [0.1, 0.15) is 6.92 Å². The van der Waals surface area contributed by atoms with Gasteiger partial charge in [0.15, 0.2) is 0 Å². The minimum atomic E-state index is -0.394. The van der Waals surface area contributed by atoms with E-state index in [4.69, 9.17) is 9.47 Å². The predicted octanol–water partition coefficient (Wildman–Crippen LogP) is -0.219. The van der Waals surface area contributed by atoms with Crippen LogP contribution in [-0.4, -0.2) is 36.6 Å². The van der Waals surface area contributed by atoms with Crippen LogP contribution in [0.4, 0.5) is 0 Å². The highest BCUT2D eigenvalue weighted by Crippen LogP contribution is 2.30. The highest BCUT2D eigenvalue weighted by molar-refractivity contribution is 4.92. The molecule has 2 heterocycles. The van der Waals surface area contributed by atoms with E-state index >= 15 is 0 Å². The second kappa shape index (κ2) is 2.19. The van der Waals surface area contributed by atoms with Gasteiger partial charge in [-0.05, 0) is 0 Å². The molecule has 2 saturated heterocycles. The number of hydrogen-bond donors (Lipinski definition) is 1. The molecule has 2 aliphatic heterocycles. The Hall–Kier alpha value is -0.120. The smallest absolute Gasteiger partial charge is 0.112 e. The molecule has 0 aliphatic carbocycles. The van der Waals surface area contributed by atoms with Crippen LogP contribution < -0.4 is 0 Å². The largest absolute Gasteiger partial charge is 0.388 e. The normalized spacial score (nSPS) is 53.4. The number of rotatable bonds is 0. The van der Waals surface area contributed by atoms with Gasteiger partial charge in [-0.2, -0.15) is 0 Å². The van der Waals surface area contributed by atoms with E-state index in [9.17, 15) is 5.11 Å². The third kappa shape index (κ3) is 0.779. The first-order valence-corrected chi connectivity index (χ1v) is 3.70. The first kappa shape index (κ1) is 6.58. The molecule has 0 radical (unpaired) electrons. The second-order valence-electron chi connectivity index (χ2n) is 3.14. The SMILES string of the molecule is C[C@H]1CO[C@H]2C1OC[C@@H]2O. The average molecular weight is 144 g/mol. The molecule has 3 nitrogen and oxygen atoms in total. The first-order chi connectivity index (χ1) is 4.79. The lowest BCUT2D eigenvalue weighted by molar-refractivity contribution is 0.0173. The van der Waals surface area contributed by atoms with Crippen molar-refractivity contribution in [3.8, 4) is 0 Å². The number of hydrogen-bond acceptors (Lipinski definition) is 3. The van der Waals surface area contributed by atoms with E-state index in [-0.39, 0.29) is 12.2 Å². The zero-order valence-corrected chi connectivity index (χ0v) is 5.99. The van der Waals surface area contributed by atoms with Crippen LogP contribution in [0.3, 0.4) is 0 Å². The van der Waals surface area contributed by atoms with Gasteiger partial charge in [0.1, 0.15) is 12.2 Å². The number of aliphatic hydroxyl groups excluding tert-OH is 1. The lowest BCUT2D eigenvalue weighted by Gasteiger charge is -2.10. The molecule has 3 heteroatoms. The summed E-state index contributed by atoms with van der Waals surface area (Å²) >= 11 is 0. The molecule has 0 bridgehead atoms. The topological polar surface area (TPSA) is 38.7 Å². The zero-order valence-electron chi connectivity index (χ0n) is 5.99. The second-order valence-corrected chi connectivity index (χ2v) is 3.14. The van der Waals surface area contributed by atoms with Gasteiger partial charge in [-0.1, -0.05) is 6.92 Å². The Bertz CT molecular complexity index is 121. The maximum absolute atomic E-state index is 9.27. The van der Waals surface area contributed by atoms with Crippen LogP contribution in [0.5, 0.6) is 0 Å². The van der Waals surface area contributed by atoms with Crippen molar-refractivity contribution in [2.24, 2.45) is 5.92 Å². The van der Waals surface area contributed by atoms with Crippen LogP contribution in [-0.2, 0) is 9.47 Å². The summed E-state index contributed by atoms with van der Waals surface area (Å²) in [5.41, 5.74) is 0. The van der Waals surface area contributed by atoms with Crippen molar-refractivity contribution < 1.29 is 14.6 Å². The Morgan fingerprint density at radius 3 is 2.60 bits per heavy atom. The molecule has 1 N–H and O–H groups in total. The monoisotopic (exact) mass is 144 g/mol. The summed E-state index contributed by atoms with van der Waals surface area (Å²) in [4.78, 5) is 0. The molecule has 0 aromatic heterocycles. The average Bonchev–Trinajstić information content (AvgIpc) is 2.41. The highest BCUT2D eigenvalue weighted by Gasteiger charge is 2.44. The van der Waals surface area contributed by atoms with Gasteiger partial charge in [-0.3, -0.25) is 0 Å². The summed E-state index contributed by atoms with van der Waals surface area (Å²) < 4.78 is 10.7. The van der Waals surface area contributed by atoms with Gasteiger partial charge in [-0.25, -0.2) is 0 Å². The molecule has 4 atom stereocenters. The minimum Gasteiger partial charge on any atom is -0.388 e. The van der Waals surface area contributed by atoms with E-state index < -0.39 is 6.10 Å². The van der Waals surface area contributed by atoms with Crippen molar-refractivity contribution in [2.45, 2.75) is 25.2 Å². The molecule has 0 amide bonds. The summed E-state index contributed by atoms with van der Waals surface area (Å²) in [7, 11) is 0. The third-order valence-corrected chi connectivity index (χ3v) is 2.27. The van der Waals surface area contributed by atoms with Crippen LogP contribution in [0.2, 0.25) is 0 Å². The predicted molar refractivity (Wildman–Crippen MR) is 34.7 cm³/mol. The van der Waals surface area contributed by atoms with Crippen LogP contribution in [0, 0.1) is 5.92 Å². The molecule has 0 aromatic rings. The van der Waals surface area contributed by atoms with Crippen molar-refractivity contribution >= 4 is 0 Å². The van der Waals surface area contributed by atoms with E-state index in [1.807, 2.05) is 0 Å². The summed E-state index contributed by atoms with van der Waals surface area (Å²) in [6.45, 7) is 3.26. The fourth-order valence-corrected chi connectivity index (χ4v) is 1.67. The molecule has 10 heavy (non-hydrogen) atoms. The van der Waals surface area contributed by atoms with Gasteiger partial charge in [0, 0.05) is 5.92 Å². The molecule has 0 saturated carbocycles. The Morgan fingerprint density at radius 1 is 1.20 bits per heavy atom. The van der Waals surface area contributed by atoms with E-state index in [1.54, 1.807) is 0 Å². The van der Waals surface area contributed by atoms with Gasteiger partial charge in [0.2, 0.25) is 0 Å². The van der Waals surface area contributed by atoms with Gasteiger partial charge >= 0.3 is 0 Å². The molecule has 0 spiro atoms. The van der Waals surface area contributed by atoms with Gasteiger partial charge in [-0.15, -0.1) is 0 Å². The Morgan fingerprint density at radius 2 is 1.90 bits per heavy atom. The summed E-state index contributed by atoms with van der Waals surface area (Å²) in [5, 5.41) is 9.27. The number of ether oxygens (including phenoxy) is 2. The standard InChI is InChI=1S/C7H12O3/c1-4-2-9-7-5(8)3-10-6(4)7/h4-8H,2-3H2,1H3/t4-,5-,6?,7+/m0/s1. The Balaban J connectivity index is 2.09. The van der Waals surface area contributed by atoms with Crippen LogP contribution >= 0.6 is 0 Å². The molecule has 1 unspecified atom stereocenters. The number of fused-ring (bicyclic) bond motifs is 1. The van der Waals surface area contributed by atoms with Gasteiger partial charge < -0.3 is 14.6 Å². The maximum atomic E-state index is 9.27. The Labute approximate surface area is 59.9 Å². The van der Waals surface area contributed by atoms with Crippen molar-refractivity contribution in [2.75, 3.05) is 13.2 Å². The van der Waals surface area contributed by atoms with E-state index in [2.05, 4.69) is 6.92 Å². The van der Waals surface area contributed by atoms with E-state index in [1.165, 1.54) is 0 Å². The molecular weight excluding hydrogens is 132 g/mol. The molecule has 58 valence electrons. The van der Waals surface area contributed by atoms with Crippen LogP contribution in [0.25, 0.3) is 0 Å². The van der Waals surface area contributed by atoms with Crippen molar-refractivity contribution in [3.63, 3.8) is 0 Å². The minimum absolute atomic E-state index is 0.0463. The molecular formula is C7H12O3. The summed E-state index contributed by atoms with van der Waals surface area (Å²) in [6, 6.07) is 0.